The van der Waals surface area contributed by atoms with Crippen LogP contribution in [0.2, 0.25) is 0 Å². The van der Waals surface area contributed by atoms with Crippen LogP contribution in [-0.4, -0.2) is 30.1 Å². The van der Waals surface area contributed by atoms with Crippen LogP contribution in [0.4, 0.5) is 5.69 Å². The van der Waals surface area contributed by atoms with Crippen LogP contribution in [0.3, 0.4) is 0 Å². The molecule has 0 atom stereocenters. The molecule has 0 saturated carbocycles. The van der Waals surface area contributed by atoms with E-state index in [4.69, 9.17) is 4.74 Å². The third kappa shape index (κ3) is 3.72. The van der Waals surface area contributed by atoms with E-state index in [1.165, 1.54) is 21.3 Å². The minimum Gasteiger partial charge on any atom is -0.494 e. The van der Waals surface area contributed by atoms with Crippen molar-refractivity contribution < 1.29 is 17.9 Å². The van der Waals surface area contributed by atoms with E-state index in [0.717, 1.165) is 4.31 Å². The molecule has 8 nitrogen and oxygen atoms in total. The van der Waals surface area contributed by atoms with Crippen molar-refractivity contribution in [3.8, 4) is 5.75 Å². The van der Waals surface area contributed by atoms with Crippen LogP contribution < -0.4 is 14.7 Å². The van der Waals surface area contributed by atoms with E-state index in [1.807, 2.05) is 13.8 Å². The van der Waals surface area contributed by atoms with E-state index < -0.39 is 15.9 Å². The number of aryl methyl sites for hydroxylation is 2. The van der Waals surface area contributed by atoms with Crippen LogP contribution in [-0.2, 0) is 28.9 Å². The van der Waals surface area contributed by atoms with Gasteiger partial charge < -0.3 is 4.74 Å². The molecule has 0 unspecified atom stereocenters. The summed E-state index contributed by atoms with van der Waals surface area (Å²) in [4.78, 5) is 24.9. The number of hydrogen-bond acceptors (Lipinski definition) is 5. The Kier molecular flexibility index (Phi) is 6.02. The summed E-state index contributed by atoms with van der Waals surface area (Å²) in [6.45, 7) is 4.14. The first-order valence-electron chi connectivity index (χ1n) is 9.68. The summed E-state index contributed by atoms with van der Waals surface area (Å²) in [5.74, 6) is 0.0611. The molecule has 0 aliphatic rings. The van der Waals surface area contributed by atoms with E-state index in [2.05, 4.69) is 0 Å². The maximum Gasteiger partial charge on any atom is 0.328 e. The summed E-state index contributed by atoms with van der Waals surface area (Å²) in [5.41, 5.74) is 1.05. The molecule has 0 aliphatic heterocycles. The van der Waals surface area contributed by atoms with Gasteiger partial charge in [-0.1, -0.05) is 6.92 Å². The summed E-state index contributed by atoms with van der Waals surface area (Å²) in [6.07, 6.45) is 0.590. The Hall–Kier alpha value is -3.07. The highest BCUT2D eigenvalue weighted by Gasteiger charge is 2.31. The second-order valence-electron chi connectivity index (χ2n) is 6.89. The Morgan fingerprint density at radius 1 is 1.00 bits per heavy atom. The molecule has 1 heterocycles. The fourth-order valence-electron chi connectivity index (χ4n) is 3.33. The van der Waals surface area contributed by atoms with Crippen molar-refractivity contribution in [1.82, 2.24) is 9.13 Å². The zero-order valence-electron chi connectivity index (χ0n) is 17.5. The molecule has 160 valence electrons. The summed E-state index contributed by atoms with van der Waals surface area (Å²) in [5, 5.41) is 0. The number of benzene rings is 2. The summed E-state index contributed by atoms with van der Waals surface area (Å²) in [6, 6.07) is 10.8. The minimum absolute atomic E-state index is 0.0606. The summed E-state index contributed by atoms with van der Waals surface area (Å²) in [7, 11) is -0.996. The second-order valence-corrected chi connectivity index (χ2v) is 8.68. The zero-order chi connectivity index (χ0) is 22.1. The molecule has 0 radical (unpaired) electrons. The number of ether oxygens (including phenoxy) is 1. The van der Waals surface area contributed by atoms with Gasteiger partial charge in [0.15, 0.2) is 0 Å². The van der Waals surface area contributed by atoms with Crippen molar-refractivity contribution >= 4 is 32.7 Å². The second kappa shape index (κ2) is 8.35. The van der Waals surface area contributed by atoms with E-state index >= 15 is 0 Å². The van der Waals surface area contributed by atoms with Crippen LogP contribution in [0.25, 0.3) is 11.0 Å². The topological polar surface area (TPSA) is 90.6 Å². The average Bonchev–Trinajstić information content (AvgIpc) is 2.93. The van der Waals surface area contributed by atoms with Crippen LogP contribution in [0.15, 0.2) is 52.2 Å². The number of nitrogens with zero attached hydrogens (tertiary/aromatic N) is 3. The fraction of sp³-hybridized carbons (Fsp3) is 0.333. The Morgan fingerprint density at radius 3 is 2.23 bits per heavy atom. The number of rotatable bonds is 7. The standard InChI is InChI=1S/C21H25N3O5S/c1-5-7-20(25)24(15-8-10-16(11-9-15)29-6-2)30(27,28)17-12-13-18-19(14-17)23(4)21(26)22(18)3/h8-14H,5-7H2,1-4H3. The molecule has 0 fully saturated rings. The molecule has 2 aromatic carbocycles. The van der Waals surface area contributed by atoms with Gasteiger partial charge >= 0.3 is 5.69 Å². The van der Waals surface area contributed by atoms with Crippen LogP contribution >= 0.6 is 0 Å². The monoisotopic (exact) mass is 431 g/mol. The van der Waals surface area contributed by atoms with Gasteiger partial charge in [-0.2, -0.15) is 0 Å². The van der Waals surface area contributed by atoms with Crippen LogP contribution in [0, 0.1) is 0 Å². The molecular weight excluding hydrogens is 406 g/mol. The van der Waals surface area contributed by atoms with Gasteiger partial charge in [0.25, 0.3) is 10.0 Å². The van der Waals surface area contributed by atoms with Gasteiger partial charge in [0, 0.05) is 20.5 Å². The van der Waals surface area contributed by atoms with Gasteiger partial charge in [-0.3, -0.25) is 13.9 Å². The maximum absolute atomic E-state index is 13.5. The predicted molar refractivity (Wildman–Crippen MR) is 115 cm³/mol. The highest BCUT2D eigenvalue weighted by atomic mass is 32.2. The number of hydrogen-bond donors (Lipinski definition) is 0. The van der Waals surface area contributed by atoms with Crippen LogP contribution in [0.5, 0.6) is 5.75 Å². The molecule has 1 amide bonds. The van der Waals surface area contributed by atoms with Gasteiger partial charge in [-0.15, -0.1) is 0 Å². The van der Waals surface area contributed by atoms with Gasteiger partial charge in [-0.05, 0) is 55.8 Å². The third-order valence-corrected chi connectivity index (χ3v) is 6.60. The molecule has 3 aromatic rings. The number of imidazole rings is 1. The normalized spacial score (nSPS) is 11.6. The first-order valence-corrected chi connectivity index (χ1v) is 11.1. The van der Waals surface area contributed by atoms with Crippen LogP contribution in [0.1, 0.15) is 26.7 Å². The molecule has 0 bridgehead atoms. The SMILES string of the molecule is CCCC(=O)N(c1ccc(OCC)cc1)S(=O)(=O)c1ccc2c(c1)n(C)c(=O)n2C. The smallest absolute Gasteiger partial charge is 0.328 e. The van der Waals surface area contributed by atoms with E-state index in [1.54, 1.807) is 44.4 Å². The third-order valence-electron chi connectivity index (χ3n) is 4.85. The highest BCUT2D eigenvalue weighted by Crippen LogP contribution is 2.28. The number of aromatic nitrogens is 2. The maximum atomic E-state index is 13.5. The summed E-state index contributed by atoms with van der Waals surface area (Å²) >= 11 is 0. The van der Waals surface area contributed by atoms with Crippen molar-refractivity contribution in [2.24, 2.45) is 14.1 Å². The van der Waals surface area contributed by atoms with Crippen molar-refractivity contribution in [1.29, 1.82) is 0 Å². The molecule has 9 heteroatoms. The van der Waals surface area contributed by atoms with Crippen molar-refractivity contribution in [2.75, 3.05) is 10.9 Å². The molecule has 0 aliphatic carbocycles. The lowest BCUT2D eigenvalue weighted by molar-refractivity contribution is -0.117. The number of carbonyl (C=O) groups excluding carboxylic acids is 1. The van der Waals surface area contributed by atoms with Gasteiger partial charge in [0.1, 0.15) is 5.75 Å². The van der Waals surface area contributed by atoms with E-state index in [9.17, 15) is 18.0 Å². The lowest BCUT2D eigenvalue weighted by Crippen LogP contribution is -2.36. The van der Waals surface area contributed by atoms with E-state index in [0.29, 0.717) is 29.8 Å². The summed E-state index contributed by atoms with van der Waals surface area (Å²) < 4.78 is 36.0. The molecule has 0 N–H and O–H groups in total. The highest BCUT2D eigenvalue weighted by molar-refractivity contribution is 7.93. The first-order chi connectivity index (χ1) is 14.2. The molecule has 0 spiro atoms. The zero-order valence-corrected chi connectivity index (χ0v) is 18.3. The van der Waals surface area contributed by atoms with Crippen molar-refractivity contribution in [2.45, 2.75) is 31.6 Å². The number of carbonyl (C=O) groups is 1. The first kappa shape index (κ1) is 21.6. The number of amides is 1. The average molecular weight is 432 g/mol. The van der Waals surface area contributed by atoms with Crippen molar-refractivity contribution in [3.05, 3.63) is 52.9 Å². The Morgan fingerprint density at radius 2 is 1.63 bits per heavy atom. The number of anilines is 1. The molecule has 0 saturated heterocycles. The Balaban J connectivity index is 2.14. The lowest BCUT2D eigenvalue weighted by Gasteiger charge is -2.23. The van der Waals surface area contributed by atoms with Gasteiger partial charge in [0.2, 0.25) is 5.91 Å². The largest absolute Gasteiger partial charge is 0.494 e. The molecule has 30 heavy (non-hydrogen) atoms. The Bertz CT molecular complexity index is 1240. The minimum atomic E-state index is -4.19. The van der Waals surface area contributed by atoms with Gasteiger partial charge in [0.05, 0.1) is 28.2 Å². The predicted octanol–water partition coefficient (Wildman–Crippen LogP) is 2.80. The van der Waals surface area contributed by atoms with Gasteiger partial charge in [-0.25, -0.2) is 17.5 Å². The van der Waals surface area contributed by atoms with E-state index in [-0.39, 0.29) is 22.7 Å². The fourth-order valence-corrected chi connectivity index (χ4v) is 4.80. The Labute approximate surface area is 175 Å². The van der Waals surface area contributed by atoms with Crippen molar-refractivity contribution in [3.63, 3.8) is 0 Å². The molecule has 3 rings (SSSR count). The number of sulfonamides is 1. The lowest BCUT2D eigenvalue weighted by atomic mass is 10.2. The number of fused-ring (bicyclic) bond motifs is 1. The molecule has 1 aromatic heterocycles. The quantitative estimate of drug-likeness (QED) is 0.574. The molecular formula is C21H25N3O5S.